The molecule has 29 heavy (non-hydrogen) atoms. The summed E-state index contributed by atoms with van der Waals surface area (Å²) in [4.78, 5) is 22.5. The first-order valence-electron chi connectivity index (χ1n) is 9.01. The highest BCUT2D eigenvalue weighted by molar-refractivity contribution is 7.17. The smallest absolute Gasteiger partial charge is 0.386 e. The van der Waals surface area contributed by atoms with Gasteiger partial charge in [0.25, 0.3) is 5.91 Å². The van der Waals surface area contributed by atoms with Gasteiger partial charge in [0.05, 0.1) is 34.8 Å². The molecule has 0 radical (unpaired) electrons. The van der Waals surface area contributed by atoms with Crippen molar-refractivity contribution >= 4 is 23.1 Å². The van der Waals surface area contributed by atoms with E-state index in [4.69, 9.17) is 0 Å². The molecule has 1 saturated heterocycles. The number of nitrogens with one attached hydrogen (secondary N) is 1. The Kier molecular flexibility index (Phi) is 5.15. The van der Waals surface area contributed by atoms with E-state index in [0.29, 0.717) is 5.69 Å². The number of β-amino-alcohol motifs (C(OH)–C–C–N with tert-alkyl or cyclic N) is 1. The summed E-state index contributed by atoms with van der Waals surface area (Å²) in [5.41, 5.74) is -2.00. The number of alkyl halides is 3. The highest BCUT2D eigenvalue weighted by atomic mass is 32.1. The second-order valence-corrected chi connectivity index (χ2v) is 9.58. The number of carbonyl (C=O) groups is 1. The highest BCUT2D eigenvalue weighted by Crippen LogP contribution is 2.41. The number of carbonyl (C=O) groups excluding carboxylic acids is 1. The molecular formula is C19H23F3N4O2S. The summed E-state index contributed by atoms with van der Waals surface area (Å²) in [6.07, 6.45) is -3.43. The number of aromatic nitrogens is 2. The first kappa shape index (κ1) is 21.5. The lowest BCUT2D eigenvalue weighted by atomic mass is 9.97. The van der Waals surface area contributed by atoms with Crippen LogP contribution in [0.5, 0.6) is 0 Å². The summed E-state index contributed by atoms with van der Waals surface area (Å²) in [5.74, 6) is -0.279. The molecule has 10 heteroatoms. The van der Waals surface area contributed by atoms with Crippen LogP contribution in [0.1, 0.15) is 48.8 Å². The number of nitrogens with zero attached hydrogens (tertiary/aromatic N) is 3. The number of halogens is 3. The van der Waals surface area contributed by atoms with E-state index < -0.39 is 28.8 Å². The van der Waals surface area contributed by atoms with Gasteiger partial charge in [-0.2, -0.15) is 13.2 Å². The van der Waals surface area contributed by atoms with Crippen molar-refractivity contribution in [2.24, 2.45) is 0 Å². The molecular weight excluding hydrogens is 405 g/mol. The van der Waals surface area contributed by atoms with Gasteiger partial charge in [0.15, 0.2) is 5.01 Å². The topological polar surface area (TPSA) is 78.4 Å². The summed E-state index contributed by atoms with van der Waals surface area (Å²) in [6, 6.07) is 0.980. The average molecular weight is 428 g/mol. The van der Waals surface area contributed by atoms with Gasteiger partial charge >= 0.3 is 6.18 Å². The number of amides is 1. The van der Waals surface area contributed by atoms with Gasteiger partial charge in [0.1, 0.15) is 5.82 Å². The number of hydrogen-bond acceptors (Lipinski definition) is 6. The van der Waals surface area contributed by atoms with Crippen LogP contribution in [0.15, 0.2) is 12.3 Å². The number of pyridine rings is 1. The van der Waals surface area contributed by atoms with E-state index in [0.717, 1.165) is 17.4 Å². The second kappa shape index (κ2) is 6.94. The van der Waals surface area contributed by atoms with Crippen LogP contribution in [-0.2, 0) is 6.18 Å². The van der Waals surface area contributed by atoms with E-state index in [1.807, 2.05) is 20.8 Å². The second-order valence-electron chi connectivity index (χ2n) is 8.58. The van der Waals surface area contributed by atoms with Crippen LogP contribution in [-0.4, -0.2) is 50.1 Å². The minimum absolute atomic E-state index is 0.0954. The number of anilines is 1. The van der Waals surface area contributed by atoms with Crippen molar-refractivity contribution in [3.63, 3.8) is 0 Å². The third-order valence-electron chi connectivity index (χ3n) is 4.29. The molecule has 0 bridgehead atoms. The minimum atomic E-state index is -4.59. The molecule has 1 aliphatic heterocycles. The molecule has 2 aromatic rings. The van der Waals surface area contributed by atoms with E-state index in [2.05, 4.69) is 15.3 Å². The van der Waals surface area contributed by atoms with Gasteiger partial charge in [0.2, 0.25) is 0 Å². The first-order chi connectivity index (χ1) is 13.2. The van der Waals surface area contributed by atoms with Crippen molar-refractivity contribution in [2.75, 3.05) is 18.4 Å². The molecule has 0 spiro atoms. The Bertz CT molecular complexity index is 940. The predicted octanol–water partition coefficient (Wildman–Crippen LogP) is 3.95. The molecule has 0 atom stereocenters. The number of aliphatic hydroxyl groups is 1. The lowest BCUT2D eigenvalue weighted by Crippen LogP contribution is -2.61. The third kappa shape index (κ3) is 4.69. The van der Waals surface area contributed by atoms with Gasteiger partial charge in [-0.15, -0.1) is 11.3 Å². The Morgan fingerprint density at radius 1 is 1.31 bits per heavy atom. The third-order valence-corrected chi connectivity index (χ3v) is 5.47. The van der Waals surface area contributed by atoms with Gasteiger partial charge in [-0.05, 0) is 40.7 Å². The van der Waals surface area contributed by atoms with Gasteiger partial charge in [-0.25, -0.2) is 9.97 Å². The molecule has 3 heterocycles. The Balaban J connectivity index is 1.98. The number of likely N-dealkylation sites (tertiary alicyclic amines) is 1. The zero-order valence-corrected chi connectivity index (χ0v) is 17.6. The van der Waals surface area contributed by atoms with Gasteiger partial charge in [-0.3, -0.25) is 4.79 Å². The fourth-order valence-corrected chi connectivity index (χ4v) is 4.17. The van der Waals surface area contributed by atoms with Gasteiger partial charge < -0.3 is 15.3 Å². The van der Waals surface area contributed by atoms with E-state index in [-0.39, 0.29) is 34.4 Å². The maximum atomic E-state index is 13.7. The van der Waals surface area contributed by atoms with Gasteiger partial charge in [0, 0.05) is 17.3 Å². The molecule has 2 N–H and O–H groups in total. The number of rotatable bonds is 3. The average Bonchev–Trinajstić information content (AvgIpc) is 2.91. The highest BCUT2D eigenvalue weighted by Gasteiger charge is 2.41. The lowest BCUT2D eigenvalue weighted by Gasteiger charge is -2.43. The van der Waals surface area contributed by atoms with Crippen molar-refractivity contribution in [2.45, 2.75) is 51.9 Å². The van der Waals surface area contributed by atoms with Crippen molar-refractivity contribution in [1.82, 2.24) is 14.9 Å². The summed E-state index contributed by atoms with van der Waals surface area (Å²) >= 11 is 0.903. The fraction of sp³-hybridized carbons (Fsp3) is 0.526. The van der Waals surface area contributed by atoms with E-state index in [9.17, 15) is 23.1 Å². The van der Waals surface area contributed by atoms with Crippen molar-refractivity contribution in [3.05, 3.63) is 28.5 Å². The van der Waals surface area contributed by atoms with Crippen LogP contribution >= 0.6 is 11.3 Å². The molecule has 0 unspecified atom stereocenters. The molecule has 1 fully saturated rings. The molecule has 1 amide bonds. The number of hydrogen-bond donors (Lipinski definition) is 2. The maximum Gasteiger partial charge on any atom is 0.417 e. The van der Waals surface area contributed by atoms with Crippen LogP contribution in [0.3, 0.4) is 0 Å². The van der Waals surface area contributed by atoms with Crippen LogP contribution in [0.25, 0.3) is 10.4 Å². The standard InChI is InChI=1S/C19H23F3N4O2S/c1-10-14(29-15(24-10)16(27)26-8-18(5,28)9-26)11-7-23-13(25-17(2,3)4)6-12(11)19(20,21)22/h6-7,28H,8-9H2,1-5H3,(H,23,25). The molecule has 158 valence electrons. The Hall–Kier alpha value is -2.20. The normalized spacial score (nSPS) is 16.5. The largest absolute Gasteiger partial charge is 0.417 e. The predicted molar refractivity (Wildman–Crippen MR) is 105 cm³/mol. The Morgan fingerprint density at radius 2 is 1.93 bits per heavy atom. The SMILES string of the molecule is Cc1nc(C(=O)N2CC(C)(O)C2)sc1-c1cnc(NC(C)(C)C)cc1C(F)(F)F. The monoisotopic (exact) mass is 428 g/mol. The maximum absolute atomic E-state index is 13.7. The van der Waals surface area contributed by atoms with Crippen molar-refractivity contribution in [3.8, 4) is 10.4 Å². The summed E-state index contributed by atoms with van der Waals surface area (Å²) in [6.45, 7) is 9.00. The zero-order chi connectivity index (χ0) is 21.8. The van der Waals surface area contributed by atoms with E-state index >= 15 is 0 Å². The quantitative estimate of drug-likeness (QED) is 0.774. The molecule has 0 aliphatic carbocycles. The van der Waals surface area contributed by atoms with Crippen LogP contribution in [0, 0.1) is 6.92 Å². The first-order valence-corrected chi connectivity index (χ1v) is 9.83. The zero-order valence-electron chi connectivity index (χ0n) is 16.8. The van der Waals surface area contributed by atoms with Crippen LogP contribution < -0.4 is 5.32 Å². The summed E-state index contributed by atoms with van der Waals surface area (Å²) < 4.78 is 41.2. The molecule has 1 aliphatic rings. The number of aryl methyl sites for hydroxylation is 1. The lowest BCUT2D eigenvalue weighted by molar-refractivity contribution is -0.137. The Morgan fingerprint density at radius 3 is 2.45 bits per heavy atom. The summed E-state index contributed by atoms with van der Waals surface area (Å²) in [5, 5.41) is 12.8. The van der Waals surface area contributed by atoms with E-state index in [1.165, 1.54) is 11.1 Å². The minimum Gasteiger partial charge on any atom is -0.386 e. The van der Waals surface area contributed by atoms with E-state index in [1.54, 1.807) is 13.8 Å². The molecule has 2 aromatic heterocycles. The molecule has 0 aromatic carbocycles. The molecule has 6 nitrogen and oxygen atoms in total. The van der Waals surface area contributed by atoms with Crippen LogP contribution in [0.4, 0.5) is 19.0 Å². The number of thiazole rings is 1. The molecule has 3 rings (SSSR count). The van der Waals surface area contributed by atoms with Crippen molar-refractivity contribution in [1.29, 1.82) is 0 Å². The van der Waals surface area contributed by atoms with Gasteiger partial charge in [-0.1, -0.05) is 0 Å². The van der Waals surface area contributed by atoms with Crippen molar-refractivity contribution < 1.29 is 23.1 Å². The Labute approximate surface area is 170 Å². The van der Waals surface area contributed by atoms with Crippen LogP contribution in [0.2, 0.25) is 0 Å². The summed E-state index contributed by atoms with van der Waals surface area (Å²) in [7, 11) is 0. The molecule has 0 saturated carbocycles. The fourth-order valence-electron chi connectivity index (χ4n) is 3.12.